The van der Waals surface area contributed by atoms with Crippen molar-refractivity contribution in [1.29, 1.82) is 0 Å². The molecule has 0 N–H and O–H groups in total. The lowest BCUT2D eigenvalue weighted by Crippen LogP contribution is -2.09. The fourth-order valence-electron chi connectivity index (χ4n) is 2.63. The average molecular weight is 317 g/mol. The molecule has 2 heteroatoms. The monoisotopic (exact) mass is 317 g/mol. The largest absolute Gasteiger partial charge is 0.494 e. The van der Waals surface area contributed by atoms with Crippen molar-refractivity contribution < 1.29 is 4.74 Å². The SMILES string of the molecule is CCCCOc1ccc(N(c2ccccc2)c2ccccc2)cc1. The molecule has 0 bridgehead atoms. The Morgan fingerprint density at radius 2 is 1.17 bits per heavy atom. The maximum atomic E-state index is 5.77. The Morgan fingerprint density at radius 1 is 0.667 bits per heavy atom. The van der Waals surface area contributed by atoms with Crippen molar-refractivity contribution >= 4 is 17.1 Å². The molecule has 0 amide bonds. The summed E-state index contributed by atoms with van der Waals surface area (Å²) in [5, 5.41) is 0. The Hall–Kier alpha value is -2.74. The summed E-state index contributed by atoms with van der Waals surface area (Å²) in [6.07, 6.45) is 2.23. The normalized spacial score (nSPS) is 10.4. The van der Waals surface area contributed by atoms with Crippen LogP contribution in [0.4, 0.5) is 17.1 Å². The van der Waals surface area contributed by atoms with Gasteiger partial charge >= 0.3 is 0 Å². The lowest BCUT2D eigenvalue weighted by Gasteiger charge is -2.25. The van der Waals surface area contributed by atoms with E-state index in [-0.39, 0.29) is 0 Å². The van der Waals surface area contributed by atoms with E-state index >= 15 is 0 Å². The van der Waals surface area contributed by atoms with Crippen LogP contribution in [0, 0.1) is 0 Å². The minimum atomic E-state index is 0.775. The molecular formula is C22H23NO. The van der Waals surface area contributed by atoms with Crippen molar-refractivity contribution in [3.05, 3.63) is 84.9 Å². The van der Waals surface area contributed by atoms with Crippen LogP contribution in [-0.2, 0) is 0 Å². The highest BCUT2D eigenvalue weighted by atomic mass is 16.5. The summed E-state index contributed by atoms with van der Waals surface area (Å²) in [4.78, 5) is 2.25. The van der Waals surface area contributed by atoms with Crippen LogP contribution >= 0.6 is 0 Å². The third-order valence-electron chi connectivity index (χ3n) is 3.89. The van der Waals surface area contributed by atoms with Crippen LogP contribution < -0.4 is 9.64 Å². The molecule has 0 unspecified atom stereocenters. The molecule has 0 heterocycles. The maximum Gasteiger partial charge on any atom is 0.119 e. The van der Waals surface area contributed by atoms with E-state index < -0.39 is 0 Å². The highest BCUT2D eigenvalue weighted by molar-refractivity contribution is 5.76. The van der Waals surface area contributed by atoms with Gasteiger partial charge in [-0.05, 0) is 55.0 Å². The fourth-order valence-corrected chi connectivity index (χ4v) is 2.63. The van der Waals surface area contributed by atoms with E-state index in [4.69, 9.17) is 4.74 Å². The van der Waals surface area contributed by atoms with Crippen molar-refractivity contribution in [3.8, 4) is 5.75 Å². The van der Waals surface area contributed by atoms with Crippen molar-refractivity contribution in [2.45, 2.75) is 19.8 Å². The number of para-hydroxylation sites is 2. The Kier molecular flexibility index (Phi) is 5.52. The quantitative estimate of drug-likeness (QED) is 0.472. The van der Waals surface area contributed by atoms with Crippen molar-refractivity contribution in [2.24, 2.45) is 0 Å². The zero-order valence-electron chi connectivity index (χ0n) is 14.1. The van der Waals surface area contributed by atoms with Gasteiger partial charge in [0.25, 0.3) is 0 Å². The van der Waals surface area contributed by atoms with Gasteiger partial charge in [0.05, 0.1) is 6.61 Å². The van der Waals surface area contributed by atoms with Gasteiger partial charge in [0.15, 0.2) is 0 Å². The van der Waals surface area contributed by atoms with Gasteiger partial charge in [-0.3, -0.25) is 0 Å². The summed E-state index contributed by atoms with van der Waals surface area (Å²) < 4.78 is 5.77. The first-order valence-corrected chi connectivity index (χ1v) is 8.51. The van der Waals surface area contributed by atoms with Crippen LogP contribution in [0.15, 0.2) is 84.9 Å². The fraction of sp³-hybridized carbons (Fsp3) is 0.182. The first-order chi connectivity index (χ1) is 11.9. The first-order valence-electron chi connectivity index (χ1n) is 8.51. The summed E-state index contributed by atoms with van der Waals surface area (Å²) in [5.41, 5.74) is 3.40. The van der Waals surface area contributed by atoms with Crippen LogP contribution in [0.2, 0.25) is 0 Å². The van der Waals surface area contributed by atoms with Crippen molar-refractivity contribution in [2.75, 3.05) is 11.5 Å². The third kappa shape index (κ3) is 3.96. The highest BCUT2D eigenvalue weighted by Crippen LogP contribution is 2.34. The minimum Gasteiger partial charge on any atom is -0.494 e. The van der Waals surface area contributed by atoms with Gasteiger partial charge in [0.2, 0.25) is 0 Å². The molecule has 3 aromatic carbocycles. The third-order valence-corrected chi connectivity index (χ3v) is 3.89. The number of hydrogen-bond acceptors (Lipinski definition) is 2. The molecule has 3 aromatic rings. The Bertz CT molecular complexity index is 683. The van der Waals surface area contributed by atoms with E-state index in [0.717, 1.165) is 42.3 Å². The number of benzene rings is 3. The Labute approximate surface area is 144 Å². The summed E-state index contributed by atoms with van der Waals surface area (Å²) in [6.45, 7) is 2.95. The molecule has 0 radical (unpaired) electrons. The smallest absolute Gasteiger partial charge is 0.119 e. The summed E-state index contributed by atoms with van der Waals surface area (Å²) in [5.74, 6) is 0.924. The van der Waals surface area contributed by atoms with E-state index in [9.17, 15) is 0 Å². The van der Waals surface area contributed by atoms with E-state index in [1.807, 2.05) is 24.3 Å². The van der Waals surface area contributed by atoms with Crippen molar-refractivity contribution in [3.63, 3.8) is 0 Å². The van der Waals surface area contributed by atoms with Crippen LogP contribution in [-0.4, -0.2) is 6.61 Å². The van der Waals surface area contributed by atoms with E-state index in [1.165, 1.54) is 0 Å². The van der Waals surface area contributed by atoms with Gasteiger partial charge in [-0.2, -0.15) is 0 Å². The molecule has 0 aliphatic carbocycles. The van der Waals surface area contributed by atoms with Crippen LogP contribution in [0.3, 0.4) is 0 Å². The number of anilines is 3. The molecule has 0 aliphatic heterocycles. The van der Waals surface area contributed by atoms with Gasteiger partial charge in [0.1, 0.15) is 5.75 Å². The van der Waals surface area contributed by atoms with Gasteiger partial charge < -0.3 is 9.64 Å². The molecule has 0 saturated heterocycles. The van der Waals surface area contributed by atoms with Gasteiger partial charge in [-0.15, -0.1) is 0 Å². The molecule has 0 fully saturated rings. The second-order valence-corrected chi connectivity index (χ2v) is 5.70. The number of rotatable bonds is 7. The number of ether oxygens (including phenoxy) is 1. The summed E-state index contributed by atoms with van der Waals surface area (Å²) >= 11 is 0. The number of unbranched alkanes of at least 4 members (excludes halogenated alkanes) is 1. The lowest BCUT2D eigenvalue weighted by molar-refractivity contribution is 0.309. The molecule has 122 valence electrons. The molecule has 0 aliphatic rings. The zero-order chi connectivity index (χ0) is 16.6. The molecular weight excluding hydrogens is 294 g/mol. The second kappa shape index (κ2) is 8.21. The van der Waals surface area contributed by atoms with E-state index in [1.54, 1.807) is 0 Å². The van der Waals surface area contributed by atoms with Gasteiger partial charge in [-0.1, -0.05) is 49.7 Å². The summed E-state index contributed by atoms with van der Waals surface area (Å²) in [7, 11) is 0. The molecule has 0 atom stereocenters. The van der Waals surface area contributed by atoms with Gasteiger partial charge in [0, 0.05) is 17.1 Å². The Balaban J connectivity index is 1.89. The average Bonchev–Trinajstić information content (AvgIpc) is 2.65. The Morgan fingerprint density at radius 3 is 1.67 bits per heavy atom. The minimum absolute atomic E-state index is 0.775. The maximum absolute atomic E-state index is 5.77. The number of hydrogen-bond donors (Lipinski definition) is 0. The zero-order valence-corrected chi connectivity index (χ0v) is 14.1. The topological polar surface area (TPSA) is 12.5 Å². The molecule has 0 saturated carbocycles. The molecule has 0 spiro atoms. The van der Waals surface area contributed by atoms with Crippen LogP contribution in [0.5, 0.6) is 5.75 Å². The predicted molar refractivity (Wildman–Crippen MR) is 102 cm³/mol. The second-order valence-electron chi connectivity index (χ2n) is 5.70. The van der Waals surface area contributed by atoms with Crippen molar-refractivity contribution in [1.82, 2.24) is 0 Å². The van der Waals surface area contributed by atoms with Gasteiger partial charge in [-0.25, -0.2) is 0 Å². The molecule has 24 heavy (non-hydrogen) atoms. The molecule has 0 aromatic heterocycles. The number of nitrogens with zero attached hydrogens (tertiary/aromatic N) is 1. The predicted octanol–water partition coefficient (Wildman–Crippen LogP) is 6.34. The van der Waals surface area contributed by atoms with E-state index in [0.29, 0.717) is 0 Å². The first kappa shape index (κ1) is 16.1. The standard InChI is InChI=1S/C22H23NO/c1-2-3-18-24-22-16-14-21(15-17-22)23(19-10-6-4-7-11-19)20-12-8-5-9-13-20/h4-17H,2-3,18H2,1H3. The molecule has 2 nitrogen and oxygen atoms in total. The van der Waals surface area contributed by atoms with Crippen LogP contribution in [0.25, 0.3) is 0 Å². The van der Waals surface area contributed by atoms with E-state index in [2.05, 4.69) is 72.5 Å². The summed E-state index contributed by atoms with van der Waals surface area (Å²) in [6, 6.07) is 29.1. The van der Waals surface area contributed by atoms with Crippen LogP contribution in [0.1, 0.15) is 19.8 Å². The molecule has 3 rings (SSSR count). The lowest BCUT2D eigenvalue weighted by atomic mass is 10.2. The highest BCUT2D eigenvalue weighted by Gasteiger charge is 2.11.